The largest absolute Gasteiger partial charge is 0.466 e. The third kappa shape index (κ3) is 4.19. The summed E-state index contributed by atoms with van der Waals surface area (Å²) in [6.07, 6.45) is -0.608. The van der Waals surface area contributed by atoms with Gasteiger partial charge < -0.3 is 9.52 Å². The van der Waals surface area contributed by atoms with Gasteiger partial charge in [-0.2, -0.15) is 0 Å². The number of halogens is 1. The van der Waals surface area contributed by atoms with Crippen LogP contribution in [0.25, 0.3) is 0 Å². The van der Waals surface area contributed by atoms with Crippen molar-refractivity contribution >= 4 is 10.0 Å². The number of hydrogen-bond acceptors (Lipinski definition) is 4. The Balaban J connectivity index is 2.01. The number of aryl methyl sites for hydroxylation is 3. The van der Waals surface area contributed by atoms with Crippen LogP contribution in [0, 0.1) is 26.6 Å². The molecule has 5 nitrogen and oxygen atoms in total. The number of nitrogens with one attached hydrogen (secondary N) is 1. The van der Waals surface area contributed by atoms with E-state index in [2.05, 4.69) is 4.72 Å². The number of aliphatic hydroxyl groups excluding tert-OH is 1. The van der Waals surface area contributed by atoms with E-state index in [0.717, 1.165) is 6.07 Å². The van der Waals surface area contributed by atoms with Crippen molar-refractivity contribution in [3.05, 3.63) is 52.7 Å². The fraction of sp³-hybridized carbons (Fsp3) is 0.375. The van der Waals surface area contributed by atoms with Gasteiger partial charge in [0.2, 0.25) is 10.0 Å². The van der Waals surface area contributed by atoms with Gasteiger partial charge >= 0.3 is 0 Å². The highest BCUT2D eigenvalue weighted by molar-refractivity contribution is 7.89. The van der Waals surface area contributed by atoms with Crippen molar-refractivity contribution in [2.75, 3.05) is 6.54 Å². The van der Waals surface area contributed by atoms with Crippen LogP contribution in [0.5, 0.6) is 0 Å². The second-order valence-corrected chi connectivity index (χ2v) is 7.22. The van der Waals surface area contributed by atoms with Gasteiger partial charge in [-0.15, -0.1) is 0 Å². The van der Waals surface area contributed by atoms with Gasteiger partial charge in [-0.3, -0.25) is 0 Å². The maximum atomic E-state index is 13.1. The molecule has 23 heavy (non-hydrogen) atoms. The molecule has 2 N–H and O–H groups in total. The Hall–Kier alpha value is -1.70. The Bertz CT molecular complexity index is 798. The highest BCUT2D eigenvalue weighted by Gasteiger charge is 2.19. The van der Waals surface area contributed by atoms with E-state index < -0.39 is 21.9 Å². The highest BCUT2D eigenvalue weighted by atomic mass is 32.2. The third-order valence-electron chi connectivity index (χ3n) is 3.57. The predicted molar refractivity (Wildman–Crippen MR) is 84.1 cm³/mol. The van der Waals surface area contributed by atoms with Crippen molar-refractivity contribution in [1.82, 2.24) is 4.72 Å². The molecular weight excluding hydrogens is 321 g/mol. The minimum Gasteiger partial charge on any atom is -0.466 e. The first-order valence-electron chi connectivity index (χ1n) is 7.21. The van der Waals surface area contributed by atoms with Gasteiger partial charge in [-0.25, -0.2) is 17.5 Å². The van der Waals surface area contributed by atoms with Crippen LogP contribution in [0.2, 0.25) is 0 Å². The molecule has 0 saturated carbocycles. The van der Waals surface area contributed by atoms with Crippen molar-refractivity contribution in [3.63, 3.8) is 0 Å². The van der Waals surface area contributed by atoms with E-state index in [0.29, 0.717) is 22.6 Å². The second kappa shape index (κ2) is 6.82. The molecule has 0 radical (unpaired) electrons. The van der Waals surface area contributed by atoms with Crippen LogP contribution in [0.15, 0.2) is 33.6 Å². The summed E-state index contributed by atoms with van der Waals surface area (Å²) in [7, 11) is -3.74. The molecular formula is C16H20FNO4S. The van der Waals surface area contributed by atoms with Crippen molar-refractivity contribution in [1.29, 1.82) is 0 Å². The maximum absolute atomic E-state index is 13.1. The van der Waals surface area contributed by atoms with Gasteiger partial charge in [-0.05, 0) is 57.0 Å². The van der Waals surface area contributed by atoms with Crippen molar-refractivity contribution in [2.45, 2.75) is 38.2 Å². The molecule has 126 valence electrons. The Morgan fingerprint density at radius 3 is 2.52 bits per heavy atom. The number of rotatable bonds is 6. The minimum absolute atomic E-state index is 0.0312. The van der Waals surface area contributed by atoms with Crippen molar-refractivity contribution < 1.29 is 22.3 Å². The summed E-state index contributed by atoms with van der Waals surface area (Å²) in [6, 6.07) is 5.24. The molecule has 0 aliphatic heterocycles. The number of furan rings is 1. The van der Waals surface area contributed by atoms with Crippen LogP contribution >= 0.6 is 0 Å². The molecule has 0 aliphatic rings. The molecule has 1 heterocycles. The first-order chi connectivity index (χ1) is 10.7. The van der Waals surface area contributed by atoms with Gasteiger partial charge in [0, 0.05) is 12.1 Å². The van der Waals surface area contributed by atoms with Crippen LogP contribution in [0.3, 0.4) is 0 Å². The predicted octanol–water partition coefficient (Wildman–Crippen LogP) is 2.75. The van der Waals surface area contributed by atoms with Crippen LogP contribution in [0.1, 0.15) is 35.2 Å². The lowest BCUT2D eigenvalue weighted by Crippen LogP contribution is -2.26. The molecule has 1 aromatic carbocycles. The molecule has 0 aliphatic carbocycles. The van der Waals surface area contributed by atoms with E-state index in [1.807, 2.05) is 0 Å². The quantitative estimate of drug-likeness (QED) is 0.847. The molecule has 0 bridgehead atoms. The zero-order valence-corrected chi connectivity index (χ0v) is 14.1. The van der Waals surface area contributed by atoms with Crippen LogP contribution in [-0.4, -0.2) is 20.1 Å². The lowest BCUT2D eigenvalue weighted by atomic mass is 10.1. The van der Waals surface area contributed by atoms with Crippen molar-refractivity contribution in [3.8, 4) is 0 Å². The summed E-state index contributed by atoms with van der Waals surface area (Å²) in [5, 5.41) is 10.1. The van der Waals surface area contributed by atoms with Crippen molar-refractivity contribution in [2.24, 2.45) is 0 Å². The molecule has 0 fully saturated rings. The Labute approximate surface area is 135 Å². The molecule has 0 amide bonds. The summed E-state index contributed by atoms with van der Waals surface area (Å²) >= 11 is 0. The van der Waals surface area contributed by atoms with Gasteiger partial charge in [0.25, 0.3) is 0 Å². The average Bonchev–Trinajstić information content (AvgIpc) is 2.77. The zero-order valence-electron chi connectivity index (χ0n) is 13.3. The van der Waals surface area contributed by atoms with E-state index >= 15 is 0 Å². The maximum Gasteiger partial charge on any atom is 0.240 e. The van der Waals surface area contributed by atoms with Gasteiger partial charge in [0.15, 0.2) is 0 Å². The fourth-order valence-electron chi connectivity index (χ4n) is 2.46. The smallest absolute Gasteiger partial charge is 0.240 e. The molecule has 7 heteroatoms. The third-order valence-corrected chi connectivity index (χ3v) is 5.20. The first-order valence-corrected chi connectivity index (χ1v) is 8.70. The average molecular weight is 341 g/mol. The Morgan fingerprint density at radius 2 is 1.96 bits per heavy atom. The first kappa shape index (κ1) is 17.7. The zero-order chi connectivity index (χ0) is 17.2. The highest BCUT2D eigenvalue weighted by Crippen LogP contribution is 2.24. The Morgan fingerprint density at radius 1 is 1.26 bits per heavy atom. The lowest BCUT2D eigenvalue weighted by Gasteiger charge is -2.12. The normalized spacial score (nSPS) is 13.3. The van der Waals surface area contributed by atoms with Crippen LogP contribution < -0.4 is 4.72 Å². The molecule has 0 saturated heterocycles. The van der Waals surface area contributed by atoms with Gasteiger partial charge in [0.05, 0.1) is 11.0 Å². The van der Waals surface area contributed by atoms with Gasteiger partial charge in [0.1, 0.15) is 17.3 Å². The van der Waals surface area contributed by atoms with E-state index in [1.165, 1.54) is 19.1 Å². The van der Waals surface area contributed by atoms with E-state index in [4.69, 9.17) is 4.42 Å². The summed E-state index contributed by atoms with van der Waals surface area (Å²) in [5.41, 5.74) is 0.985. The molecule has 0 unspecified atom stereocenters. The topological polar surface area (TPSA) is 79.5 Å². The van der Waals surface area contributed by atoms with E-state index in [-0.39, 0.29) is 17.9 Å². The van der Waals surface area contributed by atoms with Crippen LogP contribution in [-0.2, 0) is 10.0 Å². The summed E-state index contributed by atoms with van der Waals surface area (Å²) in [5.74, 6) is 0.828. The molecule has 1 atom stereocenters. The molecule has 1 aromatic heterocycles. The minimum atomic E-state index is -3.74. The van der Waals surface area contributed by atoms with Gasteiger partial charge in [-0.1, -0.05) is 0 Å². The number of hydrogen-bond donors (Lipinski definition) is 2. The van der Waals surface area contributed by atoms with Crippen LogP contribution in [0.4, 0.5) is 4.39 Å². The summed E-state index contributed by atoms with van der Waals surface area (Å²) in [4.78, 5) is 0.0312. The number of sulfonamides is 1. The molecule has 0 spiro atoms. The van der Waals surface area contributed by atoms with E-state index in [1.54, 1.807) is 19.9 Å². The molecule has 2 rings (SSSR count). The standard InChI is InChI=1S/C16H20FNO4S/c1-10-8-13(17)4-5-16(10)23(20,21)18-7-6-15(19)14-9-11(2)22-12(14)3/h4-5,8-9,15,18-19H,6-7H2,1-3H3/t15-/m0/s1. The monoisotopic (exact) mass is 341 g/mol. The lowest BCUT2D eigenvalue weighted by molar-refractivity contribution is 0.167. The number of aliphatic hydroxyl groups is 1. The summed E-state index contributed by atoms with van der Waals surface area (Å²) < 4.78 is 45.3. The Kier molecular flexibility index (Phi) is 5.23. The fourth-order valence-corrected chi connectivity index (χ4v) is 3.73. The van der Waals surface area contributed by atoms with E-state index in [9.17, 15) is 17.9 Å². The SMILES string of the molecule is Cc1cc([C@@H](O)CCNS(=O)(=O)c2ccc(F)cc2C)c(C)o1. The number of benzene rings is 1. The summed E-state index contributed by atoms with van der Waals surface area (Å²) in [6.45, 7) is 5.12. The molecule has 2 aromatic rings. The second-order valence-electron chi connectivity index (χ2n) is 5.48.